The second kappa shape index (κ2) is 12.3. The molecule has 1 N–H and O–H groups in total. The molecule has 1 amide bonds. The SMILES string of the molecule is CCN(CC)C1CCN(C(=NC)NCCc2cccc(C(=O)N(C)C)c2)C1.I. The van der Waals surface area contributed by atoms with E-state index >= 15 is 0 Å². The van der Waals surface area contributed by atoms with Crippen molar-refractivity contribution in [3.8, 4) is 0 Å². The minimum atomic E-state index is 0. The first kappa shape index (κ1) is 24.7. The molecule has 1 aliphatic heterocycles. The first-order chi connectivity index (χ1) is 13.0. The van der Waals surface area contributed by atoms with Gasteiger partial charge in [0, 0.05) is 52.4 Å². The van der Waals surface area contributed by atoms with Gasteiger partial charge < -0.3 is 15.1 Å². The van der Waals surface area contributed by atoms with Crippen molar-refractivity contribution < 1.29 is 4.79 Å². The van der Waals surface area contributed by atoms with Gasteiger partial charge in [0.05, 0.1) is 0 Å². The number of rotatable bonds is 7. The molecule has 0 aromatic heterocycles. The highest BCUT2D eigenvalue weighted by molar-refractivity contribution is 14.0. The van der Waals surface area contributed by atoms with E-state index in [4.69, 9.17) is 0 Å². The van der Waals surface area contributed by atoms with Gasteiger partial charge in [-0.3, -0.25) is 14.7 Å². The molecule has 1 saturated heterocycles. The number of nitrogens with one attached hydrogen (secondary N) is 1. The summed E-state index contributed by atoms with van der Waals surface area (Å²) in [4.78, 5) is 23.1. The Morgan fingerprint density at radius 3 is 2.61 bits per heavy atom. The molecular weight excluding hydrogens is 465 g/mol. The molecule has 1 aromatic rings. The third-order valence-corrected chi connectivity index (χ3v) is 5.28. The van der Waals surface area contributed by atoms with Crippen molar-refractivity contribution in [2.24, 2.45) is 4.99 Å². The minimum Gasteiger partial charge on any atom is -0.356 e. The Morgan fingerprint density at radius 1 is 1.29 bits per heavy atom. The number of guanidine groups is 1. The molecule has 7 heteroatoms. The van der Waals surface area contributed by atoms with Crippen molar-refractivity contribution in [2.75, 3.05) is 53.9 Å². The van der Waals surface area contributed by atoms with Crippen LogP contribution in [0.15, 0.2) is 29.3 Å². The van der Waals surface area contributed by atoms with E-state index in [1.165, 1.54) is 6.42 Å². The van der Waals surface area contributed by atoms with Gasteiger partial charge in [-0.05, 0) is 43.6 Å². The summed E-state index contributed by atoms with van der Waals surface area (Å²) in [7, 11) is 5.41. The van der Waals surface area contributed by atoms with Gasteiger partial charge >= 0.3 is 0 Å². The summed E-state index contributed by atoms with van der Waals surface area (Å²) >= 11 is 0. The second-order valence-electron chi connectivity index (χ2n) is 7.23. The van der Waals surface area contributed by atoms with Crippen LogP contribution in [-0.4, -0.2) is 86.5 Å². The van der Waals surface area contributed by atoms with Crippen LogP contribution in [0.4, 0.5) is 0 Å². The molecule has 1 atom stereocenters. The van der Waals surface area contributed by atoms with Crippen molar-refractivity contribution in [1.29, 1.82) is 0 Å². The predicted molar refractivity (Wildman–Crippen MR) is 128 cm³/mol. The topological polar surface area (TPSA) is 51.2 Å². The van der Waals surface area contributed by atoms with Gasteiger partial charge in [0.1, 0.15) is 0 Å². The number of likely N-dealkylation sites (N-methyl/N-ethyl adjacent to an activating group) is 1. The average molecular weight is 501 g/mol. The Bertz CT molecular complexity index is 645. The number of likely N-dealkylation sites (tertiary alicyclic amines) is 1. The van der Waals surface area contributed by atoms with Crippen molar-refractivity contribution in [2.45, 2.75) is 32.7 Å². The number of aliphatic imine (C=N–C) groups is 1. The van der Waals surface area contributed by atoms with Crippen LogP contribution < -0.4 is 5.32 Å². The van der Waals surface area contributed by atoms with E-state index in [0.29, 0.717) is 6.04 Å². The standard InChI is InChI=1S/C21H35N5O.HI/c1-6-25(7-2)19-12-14-26(16-19)21(22-3)23-13-11-17-9-8-10-18(15-17)20(27)24(4)5;/h8-10,15,19H,6-7,11-14,16H2,1-5H3,(H,22,23);1H. The largest absolute Gasteiger partial charge is 0.356 e. The summed E-state index contributed by atoms with van der Waals surface area (Å²) in [5.41, 5.74) is 1.90. The first-order valence-corrected chi connectivity index (χ1v) is 10.00. The second-order valence-corrected chi connectivity index (χ2v) is 7.23. The van der Waals surface area contributed by atoms with E-state index in [0.717, 1.165) is 56.2 Å². The Hall–Kier alpha value is -1.35. The predicted octanol–water partition coefficient (Wildman–Crippen LogP) is 2.54. The maximum atomic E-state index is 12.1. The Kier molecular flexibility index (Phi) is 10.8. The molecule has 2 rings (SSSR count). The van der Waals surface area contributed by atoms with E-state index < -0.39 is 0 Å². The molecule has 1 aliphatic rings. The lowest BCUT2D eigenvalue weighted by atomic mass is 10.1. The van der Waals surface area contributed by atoms with E-state index in [-0.39, 0.29) is 29.9 Å². The Balaban J connectivity index is 0.00000392. The molecule has 1 fully saturated rings. The van der Waals surface area contributed by atoms with Crippen molar-refractivity contribution in [3.63, 3.8) is 0 Å². The Labute approximate surface area is 187 Å². The van der Waals surface area contributed by atoms with Gasteiger partial charge in [-0.15, -0.1) is 24.0 Å². The minimum absolute atomic E-state index is 0. The van der Waals surface area contributed by atoms with E-state index in [2.05, 4.69) is 40.0 Å². The normalized spacial score (nSPS) is 16.9. The number of carbonyl (C=O) groups is 1. The van der Waals surface area contributed by atoms with Crippen LogP contribution in [0.3, 0.4) is 0 Å². The maximum absolute atomic E-state index is 12.1. The highest BCUT2D eigenvalue weighted by Crippen LogP contribution is 2.15. The zero-order valence-corrected chi connectivity index (χ0v) is 20.3. The number of hydrogen-bond donors (Lipinski definition) is 1. The van der Waals surface area contributed by atoms with Gasteiger partial charge in [0.15, 0.2) is 5.96 Å². The van der Waals surface area contributed by atoms with E-state index in [1.54, 1.807) is 19.0 Å². The first-order valence-electron chi connectivity index (χ1n) is 10.00. The summed E-state index contributed by atoms with van der Waals surface area (Å²) in [6, 6.07) is 8.50. The summed E-state index contributed by atoms with van der Waals surface area (Å²) < 4.78 is 0. The third-order valence-electron chi connectivity index (χ3n) is 5.28. The number of amides is 1. The van der Waals surface area contributed by atoms with Gasteiger partial charge in [0.25, 0.3) is 5.91 Å². The molecule has 158 valence electrons. The number of nitrogens with zero attached hydrogens (tertiary/aromatic N) is 4. The summed E-state index contributed by atoms with van der Waals surface area (Å²) in [5.74, 6) is 1.02. The molecule has 0 saturated carbocycles. The molecular formula is C21H36IN5O. The van der Waals surface area contributed by atoms with E-state index in [1.807, 2.05) is 25.2 Å². The van der Waals surface area contributed by atoms with Crippen molar-refractivity contribution >= 4 is 35.8 Å². The lowest BCUT2D eigenvalue weighted by Crippen LogP contribution is -2.43. The highest BCUT2D eigenvalue weighted by atomic mass is 127. The van der Waals surface area contributed by atoms with Crippen LogP contribution in [0.2, 0.25) is 0 Å². The fourth-order valence-electron chi connectivity index (χ4n) is 3.74. The Morgan fingerprint density at radius 2 is 2.00 bits per heavy atom. The summed E-state index contributed by atoms with van der Waals surface area (Å²) in [5, 5.41) is 3.49. The average Bonchev–Trinajstić information content (AvgIpc) is 3.15. The zero-order chi connectivity index (χ0) is 19.8. The number of benzene rings is 1. The van der Waals surface area contributed by atoms with E-state index in [9.17, 15) is 4.79 Å². The van der Waals surface area contributed by atoms with Crippen LogP contribution >= 0.6 is 24.0 Å². The van der Waals surface area contributed by atoms with Crippen LogP contribution in [-0.2, 0) is 6.42 Å². The summed E-state index contributed by atoms with van der Waals surface area (Å²) in [6.45, 7) is 9.55. The van der Waals surface area contributed by atoms with Crippen LogP contribution in [0.1, 0.15) is 36.2 Å². The fourth-order valence-corrected chi connectivity index (χ4v) is 3.74. The van der Waals surface area contributed by atoms with Gasteiger partial charge in [-0.2, -0.15) is 0 Å². The number of halogens is 1. The summed E-state index contributed by atoms with van der Waals surface area (Å²) in [6.07, 6.45) is 2.05. The molecule has 0 bridgehead atoms. The van der Waals surface area contributed by atoms with Gasteiger partial charge in [-0.25, -0.2) is 0 Å². The van der Waals surface area contributed by atoms with Crippen LogP contribution in [0.5, 0.6) is 0 Å². The monoisotopic (exact) mass is 501 g/mol. The van der Waals surface area contributed by atoms with Crippen LogP contribution in [0, 0.1) is 0 Å². The van der Waals surface area contributed by atoms with Crippen molar-refractivity contribution in [1.82, 2.24) is 20.0 Å². The van der Waals surface area contributed by atoms with Crippen molar-refractivity contribution in [3.05, 3.63) is 35.4 Å². The fraction of sp³-hybridized carbons (Fsp3) is 0.619. The smallest absolute Gasteiger partial charge is 0.253 e. The quantitative estimate of drug-likeness (QED) is 0.355. The molecule has 1 unspecified atom stereocenters. The number of carbonyl (C=O) groups excluding carboxylic acids is 1. The lowest BCUT2D eigenvalue weighted by molar-refractivity contribution is 0.0827. The molecule has 1 heterocycles. The molecule has 0 radical (unpaired) electrons. The molecule has 6 nitrogen and oxygen atoms in total. The number of hydrogen-bond acceptors (Lipinski definition) is 3. The molecule has 0 spiro atoms. The molecule has 28 heavy (non-hydrogen) atoms. The van der Waals surface area contributed by atoms with Crippen LogP contribution in [0.25, 0.3) is 0 Å². The highest BCUT2D eigenvalue weighted by Gasteiger charge is 2.27. The third kappa shape index (κ3) is 6.62. The van der Waals surface area contributed by atoms with Gasteiger partial charge in [-0.1, -0.05) is 26.0 Å². The zero-order valence-electron chi connectivity index (χ0n) is 17.9. The molecule has 0 aliphatic carbocycles. The maximum Gasteiger partial charge on any atom is 0.253 e. The molecule has 1 aromatic carbocycles. The van der Waals surface area contributed by atoms with Gasteiger partial charge in [0.2, 0.25) is 0 Å². The lowest BCUT2D eigenvalue weighted by Gasteiger charge is -2.27.